The molecule has 0 saturated heterocycles. The molecular weight excluding hydrogens is 236 g/mol. The third kappa shape index (κ3) is 3.47. The van der Waals surface area contributed by atoms with Crippen LogP contribution in [0.5, 0.6) is 0 Å². The molecule has 0 aliphatic heterocycles. The van der Waals surface area contributed by atoms with Gasteiger partial charge in [-0.25, -0.2) is 0 Å². The number of hydrogen-bond donors (Lipinski definition) is 2. The van der Waals surface area contributed by atoms with Crippen LogP contribution in [0.1, 0.15) is 19.5 Å². The summed E-state index contributed by atoms with van der Waals surface area (Å²) in [6.07, 6.45) is 0. The molecule has 1 aromatic heterocycles. The second kappa shape index (κ2) is 5.55. The number of carbonyl (C=O) groups is 1. The lowest BCUT2D eigenvalue weighted by Crippen LogP contribution is -2.55. The average Bonchev–Trinajstić information content (AvgIpc) is 2.54. The molecule has 1 unspecified atom stereocenters. The van der Waals surface area contributed by atoms with Crippen molar-refractivity contribution in [3.8, 4) is 0 Å². The van der Waals surface area contributed by atoms with Crippen molar-refractivity contribution < 1.29 is 4.79 Å². The number of carbonyl (C=O) groups excluding carboxylic acids is 1. The molecule has 1 heterocycles. The van der Waals surface area contributed by atoms with E-state index in [2.05, 4.69) is 10.4 Å². The molecule has 0 spiro atoms. The number of nitrogens with zero attached hydrogens (tertiary/aromatic N) is 2. The van der Waals surface area contributed by atoms with Crippen molar-refractivity contribution in [2.45, 2.75) is 31.3 Å². The molecule has 0 aliphatic carbocycles. The van der Waals surface area contributed by atoms with Gasteiger partial charge in [-0.05, 0) is 26.5 Å². The molecule has 3 N–H and O–H groups in total. The van der Waals surface area contributed by atoms with Gasteiger partial charge in [0.25, 0.3) is 0 Å². The number of amides is 1. The smallest absolute Gasteiger partial charge is 0.238 e. The molecule has 1 aromatic rings. The third-order valence-electron chi connectivity index (χ3n) is 2.58. The van der Waals surface area contributed by atoms with Gasteiger partial charge in [-0.2, -0.15) is 5.10 Å². The topological polar surface area (TPSA) is 72.9 Å². The van der Waals surface area contributed by atoms with Gasteiger partial charge >= 0.3 is 0 Å². The van der Waals surface area contributed by atoms with Gasteiger partial charge in [0.2, 0.25) is 5.91 Å². The summed E-state index contributed by atoms with van der Waals surface area (Å²) in [6, 6.07) is 2.00. The fourth-order valence-corrected chi connectivity index (χ4v) is 2.70. The van der Waals surface area contributed by atoms with Crippen LogP contribution in [0.2, 0.25) is 0 Å². The van der Waals surface area contributed by atoms with Crippen LogP contribution >= 0.6 is 11.8 Å². The number of hydrogen-bond acceptors (Lipinski definition) is 4. The zero-order valence-electron chi connectivity index (χ0n) is 10.8. The molecule has 1 amide bonds. The minimum atomic E-state index is -0.683. The standard InChI is InChI=1S/C11H20N4OS/c1-5-13-11(3,10(12)16)7-17-9-6-8(2)14-15(9)4/h6,13H,5,7H2,1-4H3,(H2,12,16). The Bertz CT molecular complexity index is 404. The van der Waals surface area contributed by atoms with E-state index in [4.69, 9.17) is 5.73 Å². The van der Waals surface area contributed by atoms with Crippen LogP contribution in [0.25, 0.3) is 0 Å². The summed E-state index contributed by atoms with van der Waals surface area (Å²) in [5.41, 5.74) is 5.72. The molecule has 5 nitrogen and oxygen atoms in total. The molecule has 6 heteroatoms. The van der Waals surface area contributed by atoms with E-state index in [0.717, 1.165) is 10.7 Å². The molecule has 0 bridgehead atoms. The van der Waals surface area contributed by atoms with Gasteiger partial charge in [-0.15, -0.1) is 11.8 Å². The molecule has 0 saturated carbocycles. The minimum absolute atomic E-state index is 0.328. The molecule has 96 valence electrons. The summed E-state index contributed by atoms with van der Waals surface area (Å²) >= 11 is 1.58. The highest BCUT2D eigenvalue weighted by Crippen LogP contribution is 2.22. The van der Waals surface area contributed by atoms with Crippen LogP contribution in [0.15, 0.2) is 11.1 Å². The SMILES string of the molecule is CCNC(C)(CSc1cc(C)nn1C)C(N)=O. The van der Waals surface area contributed by atoms with Crippen LogP contribution in [0, 0.1) is 6.92 Å². The van der Waals surface area contributed by atoms with E-state index in [1.807, 2.05) is 38.6 Å². The van der Waals surface area contributed by atoms with Gasteiger partial charge < -0.3 is 11.1 Å². The summed E-state index contributed by atoms with van der Waals surface area (Å²) in [4.78, 5) is 11.4. The number of nitrogens with two attached hydrogens (primary N) is 1. The zero-order valence-corrected chi connectivity index (χ0v) is 11.6. The first-order chi connectivity index (χ1) is 7.89. The predicted molar refractivity (Wildman–Crippen MR) is 69.9 cm³/mol. The minimum Gasteiger partial charge on any atom is -0.368 e. The highest BCUT2D eigenvalue weighted by atomic mass is 32.2. The second-order valence-corrected chi connectivity index (χ2v) is 5.26. The molecule has 17 heavy (non-hydrogen) atoms. The number of aryl methyl sites for hydroxylation is 2. The van der Waals surface area contributed by atoms with Gasteiger partial charge in [0.1, 0.15) is 5.54 Å². The lowest BCUT2D eigenvalue weighted by atomic mass is 10.1. The summed E-state index contributed by atoms with van der Waals surface area (Å²) in [5, 5.41) is 8.43. The normalized spacial score (nSPS) is 14.6. The van der Waals surface area contributed by atoms with E-state index in [0.29, 0.717) is 12.3 Å². The third-order valence-corrected chi connectivity index (χ3v) is 3.98. The van der Waals surface area contributed by atoms with E-state index < -0.39 is 5.54 Å². The number of likely N-dealkylation sites (N-methyl/N-ethyl adjacent to an activating group) is 1. The quantitative estimate of drug-likeness (QED) is 0.734. The summed E-state index contributed by atoms with van der Waals surface area (Å²) in [7, 11) is 1.89. The van der Waals surface area contributed by atoms with Gasteiger partial charge in [0, 0.05) is 12.8 Å². The van der Waals surface area contributed by atoms with Crippen molar-refractivity contribution in [1.82, 2.24) is 15.1 Å². The van der Waals surface area contributed by atoms with Crippen molar-refractivity contribution in [2.75, 3.05) is 12.3 Å². The highest BCUT2D eigenvalue weighted by molar-refractivity contribution is 7.99. The van der Waals surface area contributed by atoms with Crippen LogP contribution < -0.4 is 11.1 Å². The number of thioether (sulfide) groups is 1. The number of aromatic nitrogens is 2. The first kappa shape index (κ1) is 14.1. The Morgan fingerprint density at radius 3 is 2.76 bits per heavy atom. The molecule has 0 fully saturated rings. The van der Waals surface area contributed by atoms with Gasteiger partial charge in [-0.3, -0.25) is 9.48 Å². The maximum atomic E-state index is 11.4. The molecule has 0 aromatic carbocycles. The van der Waals surface area contributed by atoms with Crippen molar-refractivity contribution in [3.63, 3.8) is 0 Å². The van der Waals surface area contributed by atoms with E-state index in [1.54, 1.807) is 11.8 Å². The van der Waals surface area contributed by atoms with Crippen molar-refractivity contribution in [3.05, 3.63) is 11.8 Å². The number of nitrogens with one attached hydrogen (secondary N) is 1. The molecule has 1 atom stereocenters. The molecular formula is C11H20N4OS. The Kier molecular flexibility index (Phi) is 4.59. The first-order valence-electron chi connectivity index (χ1n) is 5.57. The van der Waals surface area contributed by atoms with E-state index in [1.165, 1.54) is 0 Å². The van der Waals surface area contributed by atoms with Gasteiger partial charge in [0.15, 0.2) is 0 Å². The Hall–Kier alpha value is -1.01. The van der Waals surface area contributed by atoms with Crippen molar-refractivity contribution in [2.24, 2.45) is 12.8 Å². The van der Waals surface area contributed by atoms with Crippen molar-refractivity contribution in [1.29, 1.82) is 0 Å². The highest BCUT2D eigenvalue weighted by Gasteiger charge is 2.30. The lowest BCUT2D eigenvalue weighted by Gasteiger charge is -2.26. The number of primary amides is 1. The van der Waals surface area contributed by atoms with Crippen molar-refractivity contribution >= 4 is 17.7 Å². The van der Waals surface area contributed by atoms with E-state index in [9.17, 15) is 4.79 Å². The maximum Gasteiger partial charge on any atom is 0.238 e. The lowest BCUT2D eigenvalue weighted by molar-refractivity contribution is -0.122. The van der Waals surface area contributed by atoms with Crippen LogP contribution in [-0.4, -0.2) is 33.5 Å². The monoisotopic (exact) mass is 256 g/mol. The Morgan fingerprint density at radius 1 is 1.71 bits per heavy atom. The van der Waals surface area contributed by atoms with E-state index >= 15 is 0 Å². The fourth-order valence-electron chi connectivity index (χ4n) is 1.54. The molecule has 0 radical (unpaired) electrons. The summed E-state index contributed by atoms with van der Waals surface area (Å²) < 4.78 is 1.81. The first-order valence-corrected chi connectivity index (χ1v) is 6.56. The second-order valence-electron chi connectivity index (χ2n) is 4.26. The Labute approximate surface area is 106 Å². The number of rotatable bonds is 6. The maximum absolute atomic E-state index is 11.4. The average molecular weight is 256 g/mol. The van der Waals surface area contributed by atoms with Gasteiger partial charge in [0.05, 0.1) is 10.7 Å². The largest absolute Gasteiger partial charge is 0.368 e. The predicted octanol–water partition coefficient (Wildman–Crippen LogP) is 0.674. The summed E-state index contributed by atoms with van der Waals surface area (Å²) in [5.74, 6) is 0.264. The van der Waals surface area contributed by atoms with Crippen LogP contribution in [0.3, 0.4) is 0 Å². The van der Waals surface area contributed by atoms with Crippen LogP contribution in [-0.2, 0) is 11.8 Å². The zero-order chi connectivity index (χ0) is 13.1. The Morgan fingerprint density at radius 2 is 2.35 bits per heavy atom. The van der Waals surface area contributed by atoms with Gasteiger partial charge in [-0.1, -0.05) is 6.92 Å². The van der Waals surface area contributed by atoms with E-state index in [-0.39, 0.29) is 5.91 Å². The molecule has 1 rings (SSSR count). The fraction of sp³-hybridized carbons (Fsp3) is 0.636. The Balaban J connectivity index is 2.70. The molecule has 0 aliphatic rings. The summed E-state index contributed by atoms with van der Waals surface area (Å²) in [6.45, 7) is 6.45. The van der Waals surface area contributed by atoms with Crippen LogP contribution in [0.4, 0.5) is 0 Å².